The summed E-state index contributed by atoms with van der Waals surface area (Å²) in [4.78, 5) is 0. The van der Waals surface area contributed by atoms with Crippen molar-refractivity contribution in [2.45, 2.75) is 168 Å². The summed E-state index contributed by atoms with van der Waals surface area (Å²) >= 11 is 0. The highest BCUT2D eigenvalue weighted by atomic mass is 28.4. The van der Waals surface area contributed by atoms with Crippen LogP contribution in [-0.4, -0.2) is 39.6 Å². The van der Waals surface area contributed by atoms with Crippen molar-refractivity contribution >= 4 is 16.6 Å². The number of hydrogen-bond acceptors (Lipinski definition) is 3. The predicted molar refractivity (Wildman–Crippen MR) is 182 cm³/mol. The fourth-order valence-electron chi connectivity index (χ4n) is 8.28. The van der Waals surface area contributed by atoms with Gasteiger partial charge in [0.15, 0.2) is 16.6 Å². The first-order chi connectivity index (χ1) is 18.7. The highest BCUT2D eigenvalue weighted by Gasteiger charge is 2.50. The van der Waals surface area contributed by atoms with Crippen LogP contribution in [0.2, 0.25) is 37.8 Å². The lowest BCUT2D eigenvalue weighted by Gasteiger charge is -2.44. The van der Waals surface area contributed by atoms with E-state index in [9.17, 15) is 5.11 Å². The van der Waals surface area contributed by atoms with Gasteiger partial charge in [0.25, 0.3) is 0 Å². The SMILES string of the molecule is C=C1C(=CC=C2CCC[C@]3(C)[C@@H]([C@@H](C)CCCC(C)(C)O[Si](C)(C)C)CC[C@@H]23)C[C@@H](O[Si](C)(C)C(C)(C)C)C[C@@H]1O. The Morgan fingerprint density at radius 2 is 1.73 bits per heavy atom. The van der Waals surface area contributed by atoms with Gasteiger partial charge in [0, 0.05) is 6.42 Å². The lowest BCUT2D eigenvalue weighted by Crippen LogP contribution is -2.46. The van der Waals surface area contributed by atoms with Gasteiger partial charge in [-0.05, 0) is 131 Å². The second kappa shape index (κ2) is 12.9. The second-order valence-electron chi connectivity index (χ2n) is 17.4. The zero-order valence-electron chi connectivity index (χ0n) is 29.1. The molecule has 3 aliphatic rings. The maximum atomic E-state index is 10.9. The van der Waals surface area contributed by atoms with Gasteiger partial charge in [-0.25, -0.2) is 0 Å². The van der Waals surface area contributed by atoms with E-state index >= 15 is 0 Å². The summed E-state index contributed by atoms with van der Waals surface area (Å²) in [5.74, 6) is 2.25. The van der Waals surface area contributed by atoms with Gasteiger partial charge in [0.05, 0.1) is 17.8 Å². The van der Waals surface area contributed by atoms with Crippen LogP contribution >= 0.6 is 0 Å². The standard InChI is InChI=1S/C36H66O3Si2/c1-26(16-14-22-35(6,7)39-40(9,10)11)31-20-21-32-28(17-15-23-36(31,32)8)18-19-29-24-30(25-33(37)27(29)2)38-41(12,13)34(3,4)5/h18-19,26,30-33,37H,2,14-17,20-25H2,1,3-13H3/t26-,30+,31+,32-,33-,36+/m0/s1. The highest BCUT2D eigenvalue weighted by Crippen LogP contribution is 2.60. The van der Waals surface area contributed by atoms with Crippen molar-refractivity contribution in [2.24, 2.45) is 23.2 Å². The summed E-state index contributed by atoms with van der Waals surface area (Å²) in [6.45, 7) is 32.4. The minimum Gasteiger partial charge on any atom is -0.413 e. The lowest BCUT2D eigenvalue weighted by molar-refractivity contribution is 0.0734. The molecule has 0 aromatic rings. The molecule has 236 valence electrons. The van der Waals surface area contributed by atoms with Gasteiger partial charge in [-0.3, -0.25) is 0 Å². The third-order valence-corrected chi connectivity index (χ3v) is 17.0. The van der Waals surface area contributed by atoms with Gasteiger partial charge < -0.3 is 14.0 Å². The Morgan fingerprint density at radius 1 is 1.07 bits per heavy atom. The average Bonchev–Trinajstić information content (AvgIpc) is 3.15. The average molecular weight is 603 g/mol. The van der Waals surface area contributed by atoms with E-state index in [0.29, 0.717) is 17.8 Å². The molecule has 3 aliphatic carbocycles. The summed E-state index contributed by atoms with van der Waals surface area (Å²) in [6.07, 6.45) is 16.1. The van der Waals surface area contributed by atoms with E-state index in [2.05, 4.69) is 99.9 Å². The Kier molecular flexibility index (Phi) is 11.0. The van der Waals surface area contributed by atoms with Crippen LogP contribution in [0.1, 0.15) is 113 Å². The first-order valence-electron chi connectivity index (χ1n) is 16.8. The van der Waals surface area contributed by atoms with E-state index in [1.165, 1.54) is 50.5 Å². The van der Waals surface area contributed by atoms with Crippen LogP contribution in [0.15, 0.2) is 35.5 Å². The smallest absolute Gasteiger partial charge is 0.192 e. The van der Waals surface area contributed by atoms with Gasteiger partial charge in [-0.2, -0.15) is 0 Å². The molecular weight excluding hydrogens is 537 g/mol. The molecular formula is C36H66O3Si2. The number of aliphatic hydroxyl groups is 1. The summed E-state index contributed by atoms with van der Waals surface area (Å²) in [7, 11) is -3.42. The van der Waals surface area contributed by atoms with Crippen molar-refractivity contribution < 1.29 is 14.0 Å². The monoisotopic (exact) mass is 602 g/mol. The van der Waals surface area contributed by atoms with Crippen molar-refractivity contribution in [2.75, 3.05) is 0 Å². The number of fused-ring (bicyclic) bond motifs is 1. The quantitative estimate of drug-likeness (QED) is 0.253. The molecule has 0 unspecified atom stereocenters. The molecule has 5 heteroatoms. The van der Waals surface area contributed by atoms with E-state index in [4.69, 9.17) is 8.85 Å². The molecule has 0 amide bonds. The molecule has 0 bridgehead atoms. The Bertz CT molecular complexity index is 980. The molecule has 3 saturated carbocycles. The third-order valence-electron chi connectivity index (χ3n) is 11.3. The molecule has 6 atom stereocenters. The minimum absolute atomic E-state index is 0.00795. The maximum Gasteiger partial charge on any atom is 0.192 e. The molecule has 0 spiro atoms. The molecule has 41 heavy (non-hydrogen) atoms. The van der Waals surface area contributed by atoms with Crippen molar-refractivity contribution in [3.05, 3.63) is 35.5 Å². The Labute approximate surface area is 256 Å². The van der Waals surface area contributed by atoms with Crippen molar-refractivity contribution in [3.63, 3.8) is 0 Å². The van der Waals surface area contributed by atoms with Crippen LogP contribution in [0.3, 0.4) is 0 Å². The van der Waals surface area contributed by atoms with E-state index < -0.39 is 22.7 Å². The van der Waals surface area contributed by atoms with Gasteiger partial charge in [0.2, 0.25) is 0 Å². The summed E-state index contributed by atoms with van der Waals surface area (Å²) in [5, 5.41) is 11.1. The summed E-state index contributed by atoms with van der Waals surface area (Å²) in [6, 6.07) is 0. The molecule has 0 aliphatic heterocycles. The van der Waals surface area contributed by atoms with E-state index in [1.807, 2.05) is 0 Å². The highest BCUT2D eigenvalue weighted by molar-refractivity contribution is 6.74. The topological polar surface area (TPSA) is 38.7 Å². The number of aliphatic hydroxyl groups excluding tert-OH is 1. The zero-order valence-corrected chi connectivity index (χ0v) is 31.1. The molecule has 0 radical (unpaired) electrons. The minimum atomic E-state index is -1.89. The number of allylic oxidation sites excluding steroid dienone is 3. The number of rotatable bonds is 10. The van der Waals surface area contributed by atoms with Crippen molar-refractivity contribution in [1.29, 1.82) is 0 Å². The second-order valence-corrected chi connectivity index (χ2v) is 26.5. The van der Waals surface area contributed by atoms with E-state index in [0.717, 1.165) is 30.3 Å². The van der Waals surface area contributed by atoms with Crippen molar-refractivity contribution in [3.8, 4) is 0 Å². The number of hydrogen-bond donors (Lipinski definition) is 1. The van der Waals surface area contributed by atoms with Crippen LogP contribution in [0, 0.1) is 23.2 Å². The van der Waals surface area contributed by atoms with Crippen molar-refractivity contribution in [1.82, 2.24) is 0 Å². The van der Waals surface area contributed by atoms with Crippen LogP contribution < -0.4 is 0 Å². The fourth-order valence-corrected chi connectivity index (χ4v) is 11.4. The largest absolute Gasteiger partial charge is 0.413 e. The molecule has 0 heterocycles. The normalized spacial score (nSPS) is 33.0. The van der Waals surface area contributed by atoms with Gasteiger partial charge >= 0.3 is 0 Å². The predicted octanol–water partition coefficient (Wildman–Crippen LogP) is 10.6. The lowest BCUT2D eigenvalue weighted by atomic mass is 9.60. The van der Waals surface area contributed by atoms with Crippen LogP contribution in [-0.2, 0) is 8.85 Å². The van der Waals surface area contributed by atoms with Gasteiger partial charge in [-0.15, -0.1) is 0 Å². The van der Waals surface area contributed by atoms with Crippen LogP contribution in [0.4, 0.5) is 0 Å². The summed E-state index contributed by atoms with van der Waals surface area (Å²) in [5.41, 5.74) is 4.13. The first kappa shape index (κ1) is 35.0. The zero-order chi connectivity index (χ0) is 31.0. The Balaban J connectivity index is 1.68. The molecule has 0 aromatic heterocycles. The molecule has 3 fully saturated rings. The van der Waals surface area contributed by atoms with Crippen LogP contribution in [0.25, 0.3) is 0 Å². The molecule has 1 N–H and O–H groups in total. The Hall–Kier alpha value is -0.466. The summed E-state index contributed by atoms with van der Waals surface area (Å²) < 4.78 is 13.2. The fraction of sp³-hybridized carbons (Fsp3) is 0.833. The van der Waals surface area contributed by atoms with Gasteiger partial charge in [0.1, 0.15) is 0 Å². The molecule has 0 saturated heterocycles. The molecule has 3 rings (SSSR count). The third kappa shape index (κ3) is 8.80. The molecule has 0 aromatic carbocycles. The Morgan fingerprint density at radius 3 is 2.34 bits per heavy atom. The first-order valence-corrected chi connectivity index (χ1v) is 23.1. The van der Waals surface area contributed by atoms with Crippen LogP contribution in [0.5, 0.6) is 0 Å². The van der Waals surface area contributed by atoms with E-state index in [1.54, 1.807) is 5.57 Å². The molecule has 3 nitrogen and oxygen atoms in total. The van der Waals surface area contributed by atoms with Gasteiger partial charge in [-0.1, -0.05) is 71.8 Å². The maximum absolute atomic E-state index is 10.9. The van der Waals surface area contributed by atoms with E-state index in [-0.39, 0.29) is 16.7 Å².